The minimum absolute atomic E-state index is 0.109. The highest BCUT2D eigenvalue weighted by molar-refractivity contribution is 5.49. The third-order valence-corrected chi connectivity index (χ3v) is 4.02. The first-order chi connectivity index (χ1) is 9.73. The molecule has 0 spiro atoms. The van der Waals surface area contributed by atoms with Crippen LogP contribution >= 0.6 is 0 Å². The number of nitrogens with one attached hydrogen (secondary N) is 1. The van der Waals surface area contributed by atoms with E-state index in [2.05, 4.69) is 38.0 Å². The fourth-order valence-electron chi connectivity index (χ4n) is 2.94. The predicted molar refractivity (Wildman–Crippen MR) is 85.9 cm³/mol. The van der Waals surface area contributed by atoms with Crippen LogP contribution in [0.3, 0.4) is 0 Å². The lowest BCUT2D eigenvalue weighted by Crippen LogP contribution is -2.38. The van der Waals surface area contributed by atoms with Crippen molar-refractivity contribution in [3.63, 3.8) is 0 Å². The Kier molecular flexibility index (Phi) is 4.44. The molecule has 0 radical (unpaired) electrons. The second-order valence-corrected chi connectivity index (χ2v) is 6.91. The summed E-state index contributed by atoms with van der Waals surface area (Å²) in [5.41, 5.74) is 0.678. The van der Waals surface area contributed by atoms with Crippen LogP contribution < -0.4 is 10.2 Å². The summed E-state index contributed by atoms with van der Waals surface area (Å²) in [4.78, 5) is 6.44. The molecule has 0 saturated carbocycles. The molecule has 0 bridgehead atoms. The first-order valence-electron chi connectivity index (χ1n) is 7.48. The first-order valence-corrected chi connectivity index (χ1v) is 7.48. The average molecular weight is 293 g/mol. The van der Waals surface area contributed by atoms with E-state index in [4.69, 9.17) is 9.84 Å². The normalized spacial score (nSPS) is 23.0. The third kappa shape index (κ3) is 3.86. The number of anilines is 2. The highest BCUT2D eigenvalue weighted by Gasteiger charge is 2.45. The Morgan fingerprint density at radius 3 is 2.57 bits per heavy atom. The summed E-state index contributed by atoms with van der Waals surface area (Å²) in [5, 5.41) is 12.4. The molecule has 118 valence electrons. The van der Waals surface area contributed by atoms with E-state index < -0.39 is 0 Å². The number of aliphatic hydroxyl groups excluding tert-OH is 1. The van der Waals surface area contributed by atoms with Gasteiger partial charge >= 0.3 is 0 Å². The fraction of sp³-hybridized carbons (Fsp3) is 0.688. The van der Waals surface area contributed by atoms with Gasteiger partial charge in [0.1, 0.15) is 5.82 Å². The van der Waals surface area contributed by atoms with Crippen LogP contribution in [-0.2, 0) is 4.74 Å². The van der Waals surface area contributed by atoms with Gasteiger partial charge in [0.15, 0.2) is 0 Å². The van der Waals surface area contributed by atoms with E-state index in [0.717, 1.165) is 17.9 Å². The van der Waals surface area contributed by atoms with Crippen LogP contribution in [0.4, 0.5) is 11.5 Å². The third-order valence-electron chi connectivity index (χ3n) is 4.02. The van der Waals surface area contributed by atoms with Crippen LogP contribution in [0.5, 0.6) is 0 Å². The lowest BCUT2D eigenvalue weighted by atomic mass is 9.94. The van der Waals surface area contributed by atoms with Crippen LogP contribution in [0, 0.1) is 0 Å². The van der Waals surface area contributed by atoms with Crippen molar-refractivity contribution in [2.75, 3.05) is 30.4 Å². The summed E-state index contributed by atoms with van der Waals surface area (Å²) in [6, 6.07) is 4.23. The molecule has 2 N–H and O–H groups in total. The average Bonchev–Trinajstić information content (AvgIpc) is 2.58. The van der Waals surface area contributed by atoms with E-state index >= 15 is 0 Å². The zero-order valence-electron chi connectivity index (χ0n) is 13.7. The van der Waals surface area contributed by atoms with Crippen LogP contribution in [0.1, 0.15) is 34.1 Å². The number of aliphatic hydroxyl groups is 1. The molecule has 1 saturated heterocycles. The van der Waals surface area contributed by atoms with Gasteiger partial charge in [0.2, 0.25) is 0 Å². The number of ether oxygens (including phenoxy) is 1. The van der Waals surface area contributed by atoms with Crippen molar-refractivity contribution in [1.82, 2.24) is 4.98 Å². The minimum Gasteiger partial charge on any atom is -0.395 e. The number of aromatic nitrogens is 1. The molecule has 1 aliphatic heterocycles. The van der Waals surface area contributed by atoms with Crippen LogP contribution in [0.25, 0.3) is 0 Å². The molecule has 1 fully saturated rings. The predicted octanol–water partition coefficient (Wildman–Crippen LogP) is 2.27. The standard InChI is InChI=1S/C16H27N3O2/c1-15(2)10-13(16(3,4)21-15)18-14-7-6-12(11-17-14)19(5)8-9-20/h6-7,11,13,20H,8-10H2,1-5H3,(H,17,18). The molecule has 1 aromatic heterocycles. The van der Waals surface area contributed by atoms with E-state index in [9.17, 15) is 0 Å². The zero-order valence-corrected chi connectivity index (χ0v) is 13.7. The number of rotatable bonds is 5. The molecule has 5 heteroatoms. The molecule has 5 nitrogen and oxygen atoms in total. The maximum Gasteiger partial charge on any atom is 0.126 e. The first kappa shape index (κ1) is 16.0. The van der Waals surface area contributed by atoms with Gasteiger partial charge in [0.25, 0.3) is 0 Å². The summed E-state index contributed by atoms with van der Waals surface area (Å²) in [6.07, 6.45) is 2.78. The van der Waals surface area contributed by atoms with E-state index in [-0.39, 0.29) is 23.9 Å². The topological polar surface area (TPSA) is 57.6 Å². The Labute approximate surface area is 127 Å². The summed E-state index contributed by atoms with van der Waals surface area (Å²) in [5.74, 6) is 0.857. The van der Waals surface area contributed by atoms with E-state index in [1.807, 2.05) is 30.3 Å². The minimum atomic E-state index is -0.211. The Bertz CT molecular complexity index is 471. The Morgan fingerprint density at radius 2 is 2.10 bits per heavy atom. The zero-order chi connectivity index (χ0) is 15.7. The van der Waals surface area contributed by atoms with Crippen LogP contribution in [0.2, 0.25) is 0 Å². The molecular formula is C16H27N3O2. The van der Waals surface area contributed by atoms with Gasteiger partial charge in [0.05, 0.1) is 35.7 Å². The maximum atomic E-state index is 8.96. The van der Waals surface area contributed by atoms with Crippen molar-refractivity contribution < 1.29 is 9.84 Å². The second-order valence-electron chi connectivity index (χ2n) is 6.91. The molecule has 1 aliphatic rings. The molecule has 1 unspecified atom stereocenters. The largest absolute Gasteiger partial charge is 0.395 e. The number of nitrogens with zero attached hydrogens (tertiary/aromatic N) is 2. The quantitative estimate of drug-likeness (QED) is 0.872. The lowest BCUT2D eigenvalue weighted by molar-refractivity contribution is -0.0662. The van der Waals surface area contributed by atoms with Gasteiger partial charge in [-0.25, -0.2) is 4.98 Å². The summed E-state index contributed by atoms with van der Waals surface area (Å²) < 4.78 is 6.09. The molecule has 21 heavy (non-hydrogen) atoms. The van der Waals surface area contributed by atoms with Gasteiger partial charge in [-0.1, -0.05) is 0 Å². The Balaban J connectivity index is 2.04. The molecule has 2 heterocycles. The molecule has 1 atom stereocenters. The summed E-state index contributed by atoms with van der Waals surface area (Å²) >= 11 is 0. The van der Waals surface area contributed by atoms with Gasteiger partial charge < -0.3 is 20.1 Å². The Hall–Kier alpha value is -1.33. The maximum absolute atomic E-state index is 8.96. The van der Waals surface area contributed by atoms with Gasteiger partial charge in [0, 0.05) is 13.6 Å². The molecule has 0 aliphatic carbocycles. The highest BCUT2D eigenvalue weighted by atomic mass is 16.5. The fourth-order valence-corrected chi connectivity index (χ4v) is 2.94. The van der Waals surface area contributed by atoms with Gasteiger partial charge in [-0.2, -0.15) is 0 Å². The van der Waals surface area contributed by atoms with Gasteiger partial charge in [-0.3, -0.25) is 0 Å². The second kappa shape index (κ2) is 5.81. The number of likely N-dealkylation sites (N-methyl/N-ethyl adjacent to an activating group) is 1. The van der Waals surface area contributed by atoms with E-state index in [1.165, 1.54) is 0 Å². The highest BCUT2D eigenvalue weighted by Crippen LogP contribution is 2.38. The number of hydrogen-bond donors (Lipinski definition) is 2. The number of pyridine rings is 1. The van der Waals surface area contributed by atoms with Gasteiger partial charge in [-0.15, -0.1) is 0 Å². The van der Waals surface area contributed by atoms with Crippen molar-refractivity contribution in [2.24, 2.45) is 0 Å². The van der Waals surface area contributed by atoms with Gasteiger partial charge in [-0.05, 0) is 46.2 Å². The van der Waals surface area contributed by atoms with Crippen molar-refractivity contribution in [2.45, 2.75) is 51.4 Å². The monoisotopic (exact) mass is 293 g/mol. The Morgan fingerprint density at radius 1 is 1.38 bits per heavy atom. The smallest absolute Gasteiger partial charge is 0.126 e. The molecular weight excluding hydrogens is 266 g/mol. The summed E-state index contributed by atoms with van der Waals surface area (Å²) in [7, 11) is 1.94. The van der Waals surface area contributed by atoms with Crippen molar-refractivity contribution >= 4 is 11.5 Å². The van der Waals surface area contributed by atoms with Crippen molar-refractivity contribution in [3.8, 4) is 0 Å². The van der Waals surface area contributed by atoms with E-state index in [0.29, 0.717) is 6.54 Å². The molecule has 0 aromatic carbocycles. The SMILES string of the molecule is CN(CCO)c1ccc(NC2CC(C)(C)OC2(C)C)nc1. The molecule has 0 amide bonds. The number of hydrogen-bond acceptors (Lipinski definition) is 5. The van der Waals surface area contributed by atoms with Crippen molar-refractivity contribution in [3.05, 3.63) is 18.3 Å². The summed E-state index contributed by atoms with van der Waals surface area (Å²) in [6.45, 7) is 9.21. The lowest BCUT2D eigenvalue weighted by Gasteiger charge is -2.28. The van der Waals surface area contributed by atoms with Crippen molar-refractivity contribution in [1.29, 1.82) is 0 Å². The van der Waals surface area contributed by atoms with Crippen LogP contribution in [0.15, 0.2) is 18.3 Å². The molecule has 1 aromatic rings. The molecule has 2 rings (SSSR count). The van der Waals surface area contributed by atoms with Crippen LogP contribution in [-0.4, -0.2) is 47.5 Å². The van der Waals surface area contributed by atoms with E-state index in [1.54, 1.807) is 0 Å².